The van der Waals surface area contributed by atoms with Gasteiger partial charge in [-0.2, -0.15) is 14.7 Å². The number of sulfonamides is 1. The lowest BCUT2D eigenvalue weighted by Gasteiger charge is -2.15. The molecule has 1 aromatic carbocycles. The van der Waals surface area contributed by atoms with Gasteiger partial charge in [-0.05, 0) is 24.6 Å². The SMILES string of the molecule is Cc1nc(CN(C)S(=O)(=O)Cc2cccc(C#N)c2)n[nH]1. The first kappa shape index (κ1) is 15.2. The second kappa shape index (κ2) is 6.03. The minimum atomic E-state index is -3.50. The van der Waals surface area contributed by atoms with Crippen molar-refractivity contribution in [2.45, 2.75) is 19.2 Å². The molecular weight excluding hydrogens is 290 g/mol. The van der Waals surface area contributed by atoms with Gasteiger partial charge < -0.3 is 0 Å². The summed E-state index contributed by atoms with van der Waals surface area (Å²) in [5.74, 6) is 0.893. The fourth-order valence-corrected chi connectivity index (χ4v) is 2.94. The van der Waals surface area contributed by atoms with Crippen LogP contribution < -0.4 is 0 Å². The van der Waals surface area contributed by atoms with Gasteiger partial charge in [-0.15, -0.1) is 0 Å². The maximum absolute atomic E-state index is 12.3. The average molecular weight is 305 g/mol. The highest BCUT2D eigenvalue weighted by atomic mass is 32.2. The molecule has 0 bridgehead atoms. The van der Waals surface area contributed by atoms with Crippen LogP contribution in [0.3, 0.4) is 0 Å². The summed E-state index contributed by atoms with van der Waals surface area (Å²) in [6.07, 6.45) is 0. The molecule has 0 amide bonds. The summed E-state index contributed by atoms with van der Waals surface area (Å²) in [5.41, 5.74) is 1.02. The fraction of sp³-hybridized carbons (Fsp3) is 0.308. The number of benzene rings is 1. The van der Waals surface area contributed by atoms with Gasteiger partial charge in [0.1, 0.15) is 5.82 Å². The Balaban J connectivity index is 2.12. The Morgan fingerprint density at radius 3 is 2.81 bits per heavy atom. The van der Waals surface area contributed by atoms with E-state index >= 15 is 0 Å². The molecule has 0 unspecified atom stereocenters. The van der Waals surface area contributed by atoms with E-state index in [1.54, 1.807) is 31.2 Å². The topological polar surface area (TPSA) is 103 Å². The highest BCUT2D eigenvalue weighted by Gasteiger charge is 2.20. The number of aromatic nitrogens is 3. The molecule has 0 fully saturated rings. The first-order valence-corrected chi connectivity index (χ1v) is 7.82. The van der Waals surface area contributed by atoms with Crippen molar-refractivity contribution in [3.05, 3.63) is 47.0 Å². The molecule has 8 heteroatoms. The van der Waals surface area contributed by atoms with Crippen molar-refractivity contribution in [2.24, 2.45) is 0 Å². The van der Waals surface area contributed by atoms with Crippen LogP contribution in [-0.2, 0) is 22.3 Å². The molecule has 2 rings (SSSR count). The predicted octanol–water partition coefficient (Wildman–Crippen LogP) is 0.947. The Morgan fingerprint density at radius 2 is 2.19 bits per heavy atom. The Morgan fingerprint density at radius 1 is 1.43 bits per heavy atom. The monoisotopic (exact) mass is 305 g/mol. The Kier molecular flexibility index (Phi) is 4.35. The van der Waals surface area contributed by atoms with E-state index in [-0.39, 0.29) is 12.3 Å². The van der Waals surface area contributed by atoms with E-state index < -0.39 is 10.0 Å². The zero-order valence-electron chi connectivity index (χ0n) is 11.7. The largest absolute Gasteiger partial charge is 0.263 e. The van der Waals surface area contributed by atoms with Crippen molar-refractivity contribution in [1.29, 1.82) is 5.26 Å². The fourth-order valence-electron chi connectivity index (χ4n) is 1.81. The third-order valence-electron chi connectivity index (χ3n) is 2.89. The standard InChI is InChI=1S/C13H15N5O2S/c1-10-15-13(17-16-10)8-18(2)21(19,20)9-12-5-3-4-11(6-12)7-14/h3-6H,8-9H2,1-2H3,(H,15,16,17). The third kappa shape index (κ3) is 3.87. The number of aryl methyl sites for hydroxylation is 1. The summed E-state index contributed by atoms with van der Waals surface area (Å²) in [6.45, 7) is 1.85. The third-order valence-corrected chi connectivity index (χ3v) is 4.66. The van der Waals surface area contributed by atoms with Crippen molar-refractivity contribution in [3.63, 3.8) is 0 Å². The summed E-state index contributed by atoms with van der Waals surface area (Å²) in [4.78, 5) is 4.08. The van der Waals surface area contributed by atoms with Gasteiger partial charge in [0.15, 0.2) is 5.82 Å². The Hall–Kier alpha value is -2.24. The maximum Gasteiger partial charge on any atom is 0.218 e. The number of nitrogens with one attached hydrogen (secondary N) is 1. The van der Waals surface area contributed by atoms with Gasteiger partial charge in [-0.25, -0.2) is 13.4 Å². The molecule has 1 N–H and O–H groups in total. The van der Waals surface area contributed by atoms with Gasteiger partial charge >= 0.3 is 0 Å². The molecule has 0 aliphatic heterocycles. The van der Waals surface area contributed by atoms with Crippen molar-refractivity contribution in [3.8, 4) is 6.07 Å². The average Bonchev–Trinajstić information content (AvgIpc) is 2.83. The molecule has 0 atom stereocenters. The van der Waals surface area contributed by atoms with Gasteiger partial charge in [0.05, 0.1) is 23.9 Å². The van der Waals surface area contributed by atoms with Gasteiger partial charge in [-0.1, -0.05) is 12.1 Å². The van der Waals surface area contributed by atoms with Crippen LogP contribution in [0.1, 0.15) is 22.8 Å². The number of nitrogens with zero attached hydrogens (tertiary/aromatic N) is 4. The summed E-state index contributed by atoms with van der Waals surface area (Å²) < 4.78 is 25.8. The lowest BCUT2D eigenvalue weighted by atomic mass is 10.2. The quantitative estimate of drug-likeness (QED) is 0.885. The smallest absolute Gasteiger partial charge is 0.218 e. The molecule has 7 nitrogen and oxygen atoms in total. The summed E-state index contributed by atoms with van der Waals surface area (Å²) >= 11 is 0. The minimum absolute atomic E-state index is 0.102. The van der Waals surface area contributed by atoms with Gasteiger partial charge in [0.2, 0.25) is 10.0 Å². The van der Waals surface area contributed by atoms with E-state index in [2.05, 4.69) is 15.2 Å². The second-order valence-corrected chi connectivity index (χ2v) is 6.74. The zero-order chi connectivity index (χ0) is 15.5. The molecule has 2 aromatic rings. The summed E-state index contributed by atoms with van der Waals surface area (Å²) in [6, 6.07) is 8.55. The Labute approximate surface area is 123 Å². The van der Waals surface area contributed by atoms with Gasteiger partial charge in [-0.3, -0.25) is 5.10 Å². The summed E-state index contributed by atoms with van der Waals surface area (Å²) in [5, 5.41) is 15.4. The second-order valence-electron chi connectivity index (χ2n) is 4.66. The maximum atomic E-state index is 12.3. The van der Waals surface area contributed by atoms with E-state index in [0.717, 1.165) is 0 Å². The molecule has 1 heterocycles. The van der Waals surface area contributed by atoms with Crippen LogP contribution >= 0.6 is 0 Å². The van der Waals surface area contributed by atoms with E-state index in [1.165, 1.54) is 11.4 Å². The van der Waals surface area contributed by atoms with Gasteiger partial charge in [0.25, 0.3) is 0 Å². The molecule has 0 saturated carbocycles. The number of rotatable bonds is 5. The number of H-pyrrole nitrogens is 1. The van der Waals surface area contributed by atoms with E-state index in [4.69, 9.17) is 5.26 Å². The van der Waals surface area contributed by atoms with Crippen molar-refractivity contribution < 1.29 is 8.42 Å². The predicted molar refractivity (Wildman–Crippen MR) is 76.4 cm³/mol. The van der Waals surface area contributed by atoms with Crippen molar-refractivity contribution in [1.82, 2.24) is 19.5 Å². The molecule has 0 aliphatic carbocycles. The van der Waals surface area contributed by atoms with Crippen LogP contribution in [0.4, 0.5) is 0 Å². The molecule has 0 radical (unpaired) electrons. The molecule has 0 saturated heterocycles. The molecule has 1 aromatic heterocycles. The first-order valence-electron chi connectivity index (χ1n) is 6.21. The first-order chi connectivity index (χ1) is 9.90. The number of hydrogen-bond acceptors (Lipinski definition) is 5. The Bertz CT molecular complexity index is 776. The molecule has 0 aliphatic rings. The molecule has 110 valence electrons. The number of nitriles is 1. The highest BCUT2D eigenvalue weighted by Crippen LogP contribution is 2.13. The van der Waals surface area contributed by atoms with Gasteiger partial charge in [0, 0.05) is 7.05 Å². The molecule has 0 spiro atoms. The zero-order valence-corrected chi connectivity index (χ0v) is 12.6. The van der Waals surface area contributed by atoms with Crippen LogP contribution in [-0.4, -0.2) is 35.0 Å². The molecular formula is C13H15N5O2S. The summed E-state index contributed by atoms with van der Waals surface area (Å²) in [7, 11) is -2.02. The lowest BCUT2D eigenvalue weighted by Crippen LogP contribution is -2.28. The van der Waals surface area contributed by atoms with Crippen LogP contribution in [0.15, 0.2) is 24.3 Å². The van der Waals surface area contributed by atoms with Crippen LogP contribution in [0.25, 0.3) is 0 Å². The number of aromatic amines is 1. The van der Waals surface area contributed by atoms with Crippen LogP contribution in [0.5, 0.6) is 0 Å². The van der Waals surface area contributed by atoms with Crippen LogP contribution in [0.2, 0.25) is 0 Å². The van der Waals surface area contributed by atoms with Crippen molar-refractivity contribution in [2.75, 3.05) is 7.05 Å². The number of hydrogen-bond donors (Lipinski definition) is 1. The normalized spacial score (nSPS) is 11.5. The molecule has 21 heavy (non-hydrogen) atoms. The minimum Gasteiger partial charge on any atom is -0.263 e. The van der Waals surface area contributed by atoms with E-state index in [1.807, 2.05) is 6.07 Å². The van der Waals surface area contributed by atoms with E-state index in [0.29, 0.717) is 22.8 Å². The highest BCUT2D eigenvalue weighted by molar-refractivity contribution is 7.88. The van der Waals surface area contributed by atoms with E-state index in [9.17, 15) is 8.42 Å². The van der Waals surface area contributed by atoms with Crippen LogP contribution in [0, 0.1) is 18.3 Å². The lowest BCUT2D eigenvalue weighted by molar-refractivity contribution is 0.456. The van der Waals surface area contributed by atoms with Crippen molar-refractivity contribution >= 4 is 10.0 Å².